The zero-order valence-electron chi connectivity index (χ0n) is 17.3. The molecule has 1 aromatic heterocycles. The van der Waals surface area contributed by atoms with Crippen molar-refractivity contribution in [2.24, 2.45) is 18.9 Å². The lowest BCUT2D eigenvalue weighted by Crippen LogP contribution is -2.67. The standard InChI is InChI=1S/C21H31N5O3/c1-3-5-19(27)22-11-18-15-10-14(16-6-4-7-20(28)26(16)18)12-25(13-15)21(29)17-8-9-23-24(17)2/h8-9,14-16,18H,3-7,10-13H2,1-2H3,(H,22,27)/t14-,15-,16-,18-/m0/s1. The van der Waals surface area contributed by atoms with E-state index >= 15 is 0 Å². The predicted molar refractivity (Wildman–Crippen MR) is 107 cm³/mol. The molecule has 0 spiro atoms. The minimum absolute atomic E-state index is 0.00375. The van der Waals surface area contributed by atoms with E-state index in [0.717, 1.165) is 25.7 Å². The van der Waals surface area contributed by atoms with Gasteiger partial charge in [0.15, 0.2) is 0 Å². The Morgan fingerprint density at radius 2 is 2.07 bits per heavy atom. The minimum atomic E-state index is -0.0352. The van der Waals surface area contributed by atoms with Gasteiger partial charge in [-0.3, -0.25) is 19.1 Å². The van der Waals surface area contributed by atoms with Gasteiger partial charge in [-0.05, 0) is 43.6 Å². The number of aryl methyl sites for hydroxylation is 1. The highest BCUT2D eigenvalue weighted by atomic mass is 16.2. The van der Waals surface area contributed by atoms with Gasteiger partial charge in [0, 0.05) is 51.8 Å². The van der Waals surface area contributed by atoms with Crippen molar-refractivity contribution in [3.8, 4) is 0 Å². The molecule has 4 atom stereocenters. The normalized spacial score (nSPS) is 28.8. The van der Waals surface area contributed by atoms with Crippen LogP contribution in [0.3, 0.4) is 0 Å². The molecule has 3 aliphatic rings. The van der Waals surface area contributed by atoms with E-state index in [1.165, 1.54) is 0 Å². The van der Waals surface area contributed by atoms with E-state index in [4.69, 9.17) is 0 Å². The number of rotatable bonds is 5. The topological polar surface area (TPSA) is 87.5 Å². The van der Waals surface area contributed by atoms with Crippen LogP contribution < -0.4 is 5.32 Å². The zero-order valence-corrected chi connectivity index (χ0v) is 17.3. The van der Waals surface area contributed by atoms with Crippen molar-refractivity contribution in [2.75, 3.05) is 19.6 Å². The average Bonchev–Trinajstić information content (AvgIpc) is 3.13. The molecule has 3 aliphatic heterocycles. The maximum atomic E-state index is 13.1. The van der Waals surface area contributed by atoms with E-state index in [9.17, 15) is 14.4 Å². The molecule has 0 saturated carbocycles. The molecule has 0 aliphatic carbocycles. The summed E-state index contributed by atoms with van der Waals surface area (Å²) < 4.78 is 1.62. The zero-order chi connectivity index (χ0) is 20.5. The van der Waals surface area contributed by atoms with Gasteiger partial charge in [0.05, 0.1) is 6.04 Å². The van der Waals surface area contributed by atoms with E-state index < -0.39 is 0 Å². The first-order valence-corrected chi connectivity index (χ1v) is 10.8. The summed E-state index contributed by atoms with van der Waals surface area (Å²) in [5.41, 5.74) is 0.592. The number of carbonyl (C=O) groups is 3. The number of nitrogens with one attached hydrogen (secondary N) is 1. The third kappa shape index (κ3) is 3.76. The summed E-state index contributed by atoms with van der Waals surface area (Å²) >= 11 is 0. The third-order valence-corrected chi connectivity index (χ3v) is 6.81. The van der Waals surface area contributed by atoms with Gasteiger partial charge in [0.2, 0.25) is 11.8 Å². The highest BCUT2D eigenvalue weighted by molar-refractivity contribution is 5.92. The van der Waals surface area contributed by atoms with Gasteiger partial charge in [-0.15, -0.1) is 0 Å². The van der Waals surface area contributed by atoms with Crippen LogP contribution in [-0.4, -0.2) is 69.0 Å². The van der Waals surface area contributed by atoms with E-state index in [0.29, 0.717) is 44.1 Å². The Morgan fingerprint density at radius 1 is 1.28 bits per heavy atom. The van der Waals surface area contributed by atoms with Crippen molar-refractivity contribution < 1.29 is 14.4 Å². The second-order valence-electron chi connectivity index (χ2n) is 8.69. The summed E-state index contributed by atoms with van der Waals surface area (Å²) in [6.07, 6.45) is 6.45. The monoisotopic (exact) mass is 401 g/mol. The lowest BCUT2D eigenvalue weighted by atomic mass is 9.72. The molecule has 3 amide bonds. The fourth-order valence-electron chi connectivity index (χ4n) is 5.48. The van der Waals surface area contributed by atoms with Crippen molar-refractivity contribution in [1.29, 1.82) is 0 Å². The minimum Gasteiger partial charge on any atom is -0.354 e. The lowest BCUT2D eigenvalue weighted by Gasteiger charge is -2.56. The number of fused-ring (bicyclic) bond motifs is 4. The Kier molecular flexibility index (Phi) is 5.61. The van der Waals surface area contributed by atoms with E-state index in [1.807, 2.05) is 11.8 Å². The first-order valence-electron chi connectivity index (χ1n) is 10.8. The SMILES string of the molecule is CCCC(=O)NC[C@H]1[C@H]2C[C@@H](CN(C(=O)c3ccnn3C)C2)[C@@H]2CCCC(=O)N21. The van der Waals surface area contributed by atoms with Crippen molar-refractivity contribution in [3.63, 3.8) is 0 Å². The molecule has 0 aromatic carbocycles. The molecule has 0 radical (unpaired) electrons. The van der Waals surface area contributed by atoms with Gasteiger partial charge in [-0.25, -0.2) is 0 Å². The average molecular weight is 402 g/mol. The predicted octanol–water partition coefficient (Wildman–Crippen LogP) is 1.18. The Labute approximate surface area is 171 Å². The molecule has 1 aromatic rings. The number of hydrogen-bond donors (Lipinski definition) is 1. The summed E-state index contributed by atoms with van der Waals surface area (Å²) in [6, 6.07) is 1.89. The van der Waals surface area contributed by atoms with Crippen molar-refractivity contribution in [3.05, 3.63) is 18.0 Å². The maximum absolute atomic E-state index is 13.1. The Morgan fingerprint density at radius 3 is 2.79 bits per heavy atom. The molecule has 8 nitrogen and oxygen atoms in total. The van der Waals surface area contributed by atoms with Crippen molar-refractivity contribution in [1.82, 2.24) is 24.9 Å². The molecular weight excluding hydrogens is 370 g/mol. The third-order valence-electron chi connectivity index (χ3n) is 6.81. The first kappa shape index (κ1) is 19.9. The molecule has 158 valence electrons. The number of piperidine rings is 3. The van der Waals surface area contributed by atoms with Crippen LogP contribution in [0.5, 0.6) is 0 Å². The van der Waals surface area contributed by atoms with Crippen LogP contribution >= 0.6 is 0 Å². The number of nitrogens with zero attached hydrogens (tertiary/aromatic N) is 4. The Hall–Kier alpha value is -2.38. The van der Waals surface area contributed by atoms with Crippen LogP contribution in [0, 0.1) is 11.8 Å². The van der Waals surface area contributed by atoms with Crippen LogP contribution in [0.4, 0.5) is 0 Å². The summed E-state index contributed by atoms with van der Waals surface area (Å²) in [6.45, 7) is 3.76. The number of carbonyl (C=O) groups excluding carboxylic acids is 3. The van der Waals surface area contributed by atoms with Gasteiger partial charge in [0.1, 0.15) is 5.69 Å². The fraction of sp³-hybridized carbons (Fsp3) is 0.714. The molecule has 2 bridgehead atoms. The molecule has 29 heavy (non-hydrogen) atoms. The Bertz CT molecular complexity index is 791. The molecular formula is C21H31N5O3. The van der Waals surface area contributed by atoms with Crippen molar-refractivity contribution in [2.45, 2.75) is 57.5 Å². The fourth-order valence-corrected chi connectivity index (χ4v) is 5.48. The highest BCUT2D eigenvalue weighted by Crippen LogP contribution is 2.41. The Balaban J connectivity index is 1.55. The molecule has 4 heterocycles. The van der Waals surface area contributed by atoms with Crippen LogP contribution in [-0.2, 0) is 16.6 Å². The van der Waals surface area contributed by atoms with Gasteiger partial charge in [-0.1, -0.05) is 6.92 Å². The highest BCUT2D eigenvalue weighted by Gasteiger charge is 2.50. The van der Waals surface area contributed by atoms with Crippen LogP contribution in [0.1, 0.15) is 55.9 Å². The quantitative estimate of drug-likeness (QED) is 0.803. The van der Waals surface area contributed by atoms with Crippen LogP contribution in [0.15, 0.2) is 12.3 Å². The number of aromatic nitrogens is 2. The number of likely N-dealkylation sites (tertiary alicyclic amines) is 1. The van der Waals surface area contributed by atoms with E-state index in [-0.39, 0.29) is 35.7 Å². The largest absolute Gasteiger partial charge is 0.354 e. The second-order valence-corrected chi connectivity index (χ2v) is 8.69. The summed E-state index contributed by atoms with van der Waals surface area (Å²) in [7, 11) is 1.78. The second kappa shape index (κ2) is 8.16. The molecule has 4 rings (SSSR count). The molecule has 8 heteroatoms. The number of amides is 3. The molecule has 3 saturated heterocycles. The van der Waals surface area contributed by atoms with E-state index in [1.54, 1.807) is 24.0 Å². The first-order chi connectivity index (χ1) is 14.0. The van der Waals surface area contributed by atoms with Crippen LogP contribution in [0.25, 0.3) is 0 Å². The summed E-state index contributed by atoms with van der Waals surface area (Å²) in [4.78, 5) is 42.0. The van der Waals surface area contributed by atoms with Gasteiger partial charge >= 0.3 is 0 Å². The number of hydrogen-bond acceptors (Lipinski definition) is 4. The van der Waals surface area contributed by atoms with Crippen LogP contribution in [0.2, 0.25) is 0 Å². The molecule has 0 unspecified atom stereocenters. The molecule has 1 N–H and O–H groups in total. The smallest absolute Gasteiger partial charge is 0.272 e. The summed E-state index contributed by atoms with van der Waals surface area (Å²) in [5.74, 6) is 0.735. The lowest BCUT2D eigenvalue weighted by molar-refractivity contribution is -0.152. The van der Waals surface area contributed by atoms with Gasteiger partial charge in [0.25, 0.3) is 5.91 Å². The maximum Gasteiger partial charge on any atom is 0.272 e. The van der Waals surface area contributed by atoms with E-state index in [2.05, 4.69) is 15.3 Å². The van der Waals surface area contributed by atoms with Gasteiger partial charge in [-0.2, -0.15) is 5.10 Å². The van der Waals surface area contributed by atoms with Gasteiger partial charge < -0.3 is 15.1 Å². The van der Waals surface area contributed by atoms with Crippen molar-refractivity contribution >= 4 is 17.7 Å². The molecule has 3 fully saturated rings. The summed E-state index contributed by atoms with van der Waals surface area (Å²) in [5, 5.41) is 7.17.